The molecule has 0 unspecified atom stereocenters. The second-order valence-electron chi connectivity index (χ2n) is 8.45. The molecule has 7 nitrogen and oxygen atoms in total. The molecular weight excluding hydrogens is 440 g/mol. The van der Waals surface area contributed by atoms with Crippen molar-refractivity contribution in [2.75, 3.05) is 13.2 Å². The molecule has 3 aromatic carbocycles. The van der Waals surface area contributed by atoms with Crippen LogP contribution in [0.25, 0.3) is 22.4 Å². The molecule has 1 aliphatic heterocycles. The van der Waals surface area contributed by atoms with Crippen LogP contribution in [0.5, 0.6) is 0 Å². The van der Waals surface area contributed by atoms with E-state index in [4.69, 9.17) is 4.74 Å². The van der Waals surface area contributed by atoms with Crippen molar-refractivity contribution in [1.82, 2.24) is 19.9 Å². The van der Waals surface area contributed by atoms with Crippen molar-refractivity contribution >= 4 is 6.03 Å². The number of carbonyl (C=O) groups is 1. The number of aliphatic hydroxyl groups excluding tert-OH is 1. The number of hydrogen-bond acceptors (Lipinski definition) is 5. The predicted octanol–water partition coefficient (Wildman–Crippen LogP) is 4.40. The number of β-amino-alcohol motifs (C(OH)–C–C–N with tert-alkyl or cyclic N) is 1. The van der Waals surface area contributed by atoms with Gasteiger partial charge in [-0.25, -0.2) is 4.79 Å². The monoisotopic (exact) mass is 466 g/mol. The molecule has 35 heavy (non-hydrogen) atoms. The molecule has 1 aliphatic rings. The largest absolute Gasteiger partial charge is 0.387 e. The molecule has 0 spiro atoms. The Morgan fingerprint density at radius 1 is 0.886 bits per heavy atom. The van der Waals surface area contributed by atoms with Crippen molar-refractivity contribution in [3.8, 4) is 22.4 Å². The number of amides is 1. The van der Waals surface area contributed by atoms with E-state index < -0.39 is 6.10 Å². The molecule has 0 saturated carbocycles. The number of benzene rings is 3. The molecule has 7 heteroatoms. The van der Waals surface area contributed by atoms with Gasteiger partial charge in [-0.3, -0.25) is 0 Å². The summed E-state index contributed by atoms with van der Waals surface area (Å²) in [6, 6.07) is 27.3. The second-order valence-corrected chi connectivity index (χ2v) is 8.45. The van der Waals surface area contributed by atoms with Gasteiger partial charge in [0.15, 0.2) is 0 Å². The van der Waals surface area contributed by atoms with Crippen molar-refractivity contribution in [2.24, 2.45) is 0 Å². The third kappa shape index (κ3) is 5.37. The summed E-state index contributed by atoms with van der Waals surface area (Å²) in [7, 11) is 0. The molecule has 0 fully saturated rings. The number of carbonyl (C=O) groups excluding carboxylic acids is 1. The number of nitrogens with zero attached hydrogens (tertiary/aromatic N) is 4. The minimum Gasteiger partial charge on any atom is -0.387 e. The molecule has 176 valence electrons. The smallest absolute Gasteiger partial charge is 0.346 e. The van der Waals surface area contributed by atoms with E-state index in [1.807, 2.05) is 72.8 Å². The van der Waals surface area contributed by atoms with Crippen LogP contribution in [0.4, 0.5) is 4.79 Å². The minimum atomic E-state index is -0.738. The molecule has 0 bridgehead atoms. The first-order valence-electron chi connectivity index (χ1n) is 11.5. The maximum absolute atomic E-state index is 13.3. The van der Waals surface area contributed by atoms with E-state index in [1.165, 1.54) is 4.68 Å². The third-order valence-corrected chi connectivity index (χ3v) is 5.96. The Morgan fingerprint density at radius 2 is 1.54 bits per heavy atom. The Labute approximate surface area is 203 Å². The van der Waals surface area contributed by atoms with Crippen LogP contribution >= 0.6 is 0 Å². The molecule has 0 saturated heterocycles. The summed E-state index contributed by atoms with van der Waals surface area (Å²) in [5, 5.41) is 18.4. The molecule has 4 aromatic rings. The van der Waals surface area contributed by atoms with Gasteiger partial charge in [0.25, 0.3) is 0 Å². The number of rotatable bonds is 6. The lowest BCUT2D eigenvalue weighted by Crippen LogP contribution is -2.49. The first-order chi connectivity index (χ1) is 17.2. The lowest BCUT2D eigenvalue weighted by molar-refractivity contribution is 0.0570. The van der Waals surface area contributed by atoms with Crippen molar-refractivity contribution in [1.29, 1.82) is 0 Å². The Bertz CT molecular complexity index is 1290. The molecule has 1 amide bonds. The summed E-state index contributed by atoms with van der Waals surface area (Å²) >= 11 is 0. The van der Waals surface area contributed by atoms with E-state index in [0.717, 1.165) is 22.3 Å². The number of hydrogen-bond donors (Lipinski definition) is 1. The average molecular weight is 467 g/mol. The highest BCUT2D eigenvalue weighted by Crippen LogP contribution is 2.24. The Kier molecular flexibility index (Phi) is 6.79. The van der Waals surface area contributed by atoms with Gasteiger partial charge in [-0.15, -0.1) is 5.10 Å². The molecule has 1 N–H and O–H groups in total. The van der Waals surface area contributed by atoms with Crippen LogP contribution in [-0.2, 0) is 11.3 Å². The van der Waals surface area contributed by atoms with Gasteiger partial charge in [0, 0.05) is 5.56 Å². The van der Waals surface area contributed by atoms with Crippen LogP contribution in [0.1, 0.15) is 5.56 Å². The standard InChI is InChI=1S/C28H26N4O3/c33-26-16-15-25(20-35-19-21-7-3-1-4-8-21)31(17-26)28(34)32-18-27(29-30-32)24-13-11-23(12-14-24)22-9-5-2-6-10-22/h1-16,18,25-26,33H,17,19-20H2/t25-,26+/m0/s1. The predicted molar refractivity (Wildman–Crippen MR) is 133 cm³/mol. The summed E-state index contributed by atoms with van der Waals surface area (Å²) in [6.45, 7) is 0.921. The van der Waals surface area contributed by atoms with E-state index in [9.17, 15) is 9.90 Å². The Morgan fingerprint density at radius 3 is 2.29 bits per heavy atom. The first-order valence-corrected chi connectivity index (χ1v) is 11.5. The lowest BCUT2D eigenvalue weighted by Gasteiger charge is -2.33. The van der Waals surface area contributed by atoms with Crippen molar-refractivity contribution in [3.05, 3.63) is 109 Å². The van der Waals surface area contributed by atoms with E-state index in [0.29, 0.717) is 18.9 Å². The maximum Gasteiger partial charge on any atom is 0.346 e. The van der Waals surface area contributed by atoms with E-state index >= 15 is 0 Å². The lowest BCUT2D eigenvalue weighted by atomic mass is 10.0. The normalized spacial score (nSPS) is 17.5. The summed E-state index contributed by atoms with van der Waals surface area (Å²) in [6.07, 6.45) is 4.38. The van der Waals surface area contributed by atoms with E-state index in [1.54, 1.807) is 23.2 Å². The summed E-state index contributed by atoms with van der Waals surface area (Å²) in [4.78, 5) is 14.8. The van der Waals surface area contributed by atoms with Crippen LogP contribution in [0.2, 0.25) is 0 Å². The van der Waals surface area contributed by atoms with Gasteiger partial charge in [0.05, 0.1) is 38.1 Å². The highest BCUT2D eigenvalue weighted by atomic mass is 16.5. The summed E-state index contributed by atoms with van der Waals surface area (Å²) in [5.41, 5.74) is 4.76. The third-order valence-electron chi connectivity index (χ3n) is 5.96. The molecule has 2 atom stereocenters. The zero-order valence-corrected chi connectivity index (χ0v) is 19.1. The molecule has 0 radical (unpaired) electrons. The second kappa shape index (κ2) is 10.5. The fourth-order valence-corrected chi connectivity index (χ4v) is 4.08. The van der Waals surface area contributed by atoms with E-state index in [2.05, 4.69) is 22.4 Å². The Balaban J connectivity index is 1.27. The van der Waals surface area contributed by atoms with Gasteiger partial charge in [-0.2, -0.15) is 4.68 Å². The van der Waals surface area contributed by atoms with Crippen LogP contribution in [0, 0.1) is 0 Å². The molecular formula is C28H26N4O3. The maximum atomic E-state index is 13.3. The molecule has 2 heterocycles. The zero-order chi connectivity index (χ0) is 24.0. The van der Waals surface area contributed by atoms with Gasteiger partial charge in [0.2, 0.25) is 0 Å². The van der Waals surface area contributed by atoms with Crippen LogP contribution < -0.4 is 0 Å². The number of ether oxygens (including phenoxy) is 1. The van der Waals surface area contributed by atoms with Crippen molar-refractivity contribution in [2.45, 2.75) is 18.8 Å². The van der Waals surface area contributed by atoms with Crippen molar-refractivity contribution < 1.29 is 14.6 Å². The van der Waals surface area contributed by atoms with Crippen LogP contribution in [-0.4, -0.2) is 56.3 Å². The summed E-state index contributed by atoms with van der Waals surface area (Å²) < 4.78 is 7.08. The fourth-order valence-electron chi connectivity index (χ4n) is 4.08. The topological polar surface area (TPSA) is 80.5 Å². The number of aromatic nitrogens is 3. The molecule has 0 aliphatic carbocycles. The van der Waals surface area contributed by atoms with Gasteiger partial charge in [-0.1, -0.05) is 102 Å². The van der Waals surface area contributed by atoms with Gasteiger partial charge < -0.3 is 14.7 Å². The summed E-state index contributed by atoms with van der Waals surface area (Å²) in [5.74, 6) is 0. The first kappa shape index (κ1) is 22.7. The zero-order valence-electron chi connectivity index (χ0n) is 19.1. The highest BCUT2D eigenvalue weighted by molar-refractivity contribution is 5.78. The van der Waals surface area contributed by atoms with Crippen molar-refractivity contribution in [3.63, 3.8) is 0 Å². The Hall–Kier alpha value is -4.07. The van der Waals surface area contributed by atoms with Gasteiger partial charge in [-0.05, 0) is 16.7 Å². The highest BCUT2D eigenvalue weighted by Gasteiger charge is 2.29. The van der Waals surface area contributed by atoms with Crippen LogP contribution in [0.3, 0.4) is 0 Å². The van der Waals surface area contributed by atoms with Gasteiger partial charge >= 0.3 is 6.03 Å². The minimum absolute atomic E-state index is 0.162. The molecule has 1 aromatic heterocycles. The SMILES string of the molecule is O=C(N1C[C@H](O)C=C[C@H]1COCc1ccccc1)n1cc(-c2ccc(-c3ccccc3)cc2)nn1. The van der Waals surface area contributed by atoms with Crippen LogP contribution in [0.15, 0.2) is 103 Å². The van der Waals surface area contributed by atoms with E-state index in [-0.39, 0.29) is 18.6 Å². The molecule has 5 rings (SSSR count). The fraction of sp³-hybridized carbons (Fsp3) is 0.179. The average Bonchev–Trinajstić information content (AvgIpc) is 3.41. The number of aliphatic hydroxyl groups is 1. The quantitative estimate of drug-likeness (QED) is 0.426. The van der Waals surface area contributed by atoms with Gasteiger partial charge in [0.1, 0.15) is 5.69 Å².